The van der Waals surface area contributed by atoms with E-state index in [1.807, 2.05) is 0 Å². The van der Waals surface area contributed by atoms with Gasteiger partial charge in [-0.15, -0.1) is 0 Å². The van der Waals surface area contributed by atoms with E-state index < -0.39 is 0 Å². The topological polar surface area (TPSA) is 49.2 Å². The molecule has 1 aromatic heterocycles. The number of rotatable bonds is 2. The highest BCUT2D eigenvalue weighted by molar-refractivity contribution is 5.43. The molecule has 1 saturated heterocycles. The molecule has 86 valence electrons. The summed E-state index contributed by atoms with van der Waals surface area (Å²) in [5, 5.41) is 9.28. The highest BCUT2D eigenvalue weighted by Crippen LogP contribution is 2.34. The predicted molar refractivity (Wildman–Crippen MR) is 61.5 cm³/mol. The van der Waals surface area contributed by atoms with Crippen molar-refractivity contribution in [2.45, 2.75) is 37.7 Å². The minimum absolute atomic E-state index is 0.176. The van der Waals surface area contributed by atoms with Crippen LogP contribution < -0.4 is 4.90 Å². The van der Waals surface area contributed by atoms with Crippen LogP contribution in [0.2, 0.25) is 0 Å². The number of aliphatic hydroxyl groups is 1. The van der Waals surface area contributed by atoms with Crippen LogP contribution in [0.5, 0.6) is 0 Å². The lowest BCUT2D eigenvalue weighted by Crippen LogP contribution is -2.51. The minimum atomic E-state index is -0.176. The molecule has 2 heterocycles. The highest BCUT2D eigenvalue weighted by Gasteiger charge is 2.26. The first-order chi connectivity index (χ1) is 7.83. The van der Waals surface area contributed by atoms with Crippen molar-refractivity contribution in [3.05, 3.63) is 18.1 Å². The molecule has 2 fully saturated rings. The van der Waals surface area contributed by atoms with E-state index >= 15 is 0 Å². The maximum Gasteiger partial charge on any atom is 0.132 e. The first kappa shape index (κ1) is 10.0. The first-order valence-electron chi connectivity index (χ1n) is 6.08. The summed E-state index contributed by atoms with van der Waals surface area (Å²) in [6.07, 6.45) is 6.66. The monoisotopic (exact) mass is 219 g/mol. The number of anilines is 1. The predicted octanol–water partition coefficient (Wildman–Crippen LogP) is 1.32. The van der Waals surface area contributed by atoms with Crippen molar-refractivity contribution in [2.24, 2.45) is 0 Å². The van der Waals surface area contributed by atoms with Gasteiger partial charge >= 0.3 is 0 Å². The van der Waals surface area contributed by atoms with Crippen LogP contribution in [0.1, 0.15) is 37.3 Å². The number of nitrogens with zero attached hydrogens (tertiary/aromatic N) is 3. The molecule has 1 aliphatic carbocycles. The number of aromatic nitrogens is 2. The van der Waals surface area contributed by atoms with Gasteiger partial charge in [-0.25, -0.2) is 9.97 Å². The van der Waals surface area contributed by atoms with Gasteiger partial charge in [0.15, 0.2) is 0 Å². The van der Waals surface area contributed by atoms with Crippen LogP contribution >= 0.6 is 0 Å². The second-order valence-corrected chi connectivity index (χ2v) is 4.84. The summed E-state index contributed by atoms with van der Waals surface area (Å²) < 4.78 is 0. The van der Waals surface area contributed by atoms with Crippen LogP contribution in [-0.2, 0) is 0 Å². The molecular formula is C12H17N3O. The Kier molecular flexibility index (Phi) is 2.52. The standard InChI is InChI=1S/C12H17N3O/c16-10-6-15(7-10)12-5-11(13-8-14-12)9-3-1-2-4-9/h5,8-10,16H,1-4,6-7H2. The Labute approximate surface area is 95.3 Å². The Morgan fingerprint density at radius 3 is 2.62 bits per heavy atom. The van der Waals surface area contributed by atoms with Gasteiger partial charge < -0.3 is 10.0 Å². The lowest BCUT2D eigenvalue weighted by atomic mass is 10.0. The van der Waals surface area contributed by atoms with Gasteiger partial charge in [0.05, 0.1) is 6.10 Å². The van der Waals surface area contributed by atoms with E-state index in [0.29, 0.717) is 19.0 Å². The maximum absolute atomic E-state index is 9.28. The molecular weight excluding hydrogens is 202 g/mol. The van der Waals surface area contributed by atoms with E-state index in [1.54, 1.807) is 6.33 Å². The van der Waals surface area contributed by atoms with Crippen molar-refractivity contribution in [3.63, 3.8) is 0 Å². The zero-order valence-corrected chi connectivity index (χ0v) is 9.34. The lowest BCUT2D eigenvalue weighted by molar-refractivity contribution is 0.141. The number of hydrogen-bond donors (Lipinski definition) is 1. The van der Waals surface area contributed by atoms with Crippen molar-refractivity contribution in [1.29, 1.82) is 0 Å². The van der Waals surface area contributed by atoms with E-state index in [-0.39, 0.29) is 6.10 Å². The molecule has 4 nitrogen and oxygen atoms in total. The average Bonchev–Trinajstić information content (AvgIpc) is 2.78. The van der Waals surface area contributed by atoms with Crippen molar-refractivity contribution in [3.8, 4) is 0 Å². The summed E-state index contributed by atoms with van der Waals surface area (Å²) >= 11 is 0. The lowest BCUT2D eigenvalue weighted by Gasteiger charge is -2.36. The molecule has 0 unspecified atom stereocenters. The van der Waals surface area contributed by atoms with E-state index in [2.05, 4.69) is 20.9 Å². The van der Waals surface area contributed by atoms with E-state index in [9.17, 15) is 5.11 Å². The fraction of sp³-hybridized carbons (Fsp3) is 0.667. The van der Waals surface area contributed by atoms with Crippen molar-refractivity contribution in [1.82, 2.24) is 9.97 Å². The fourth-order valence-corrected chi connectivity index (χ4v) is 2.62. The highest BCUT2D eigenvalue weighted by atomic mass is 16.3. The third-order valence-corrected chi connectivity index (χ3v) is 3.63. The first-order valence-corrected chi connectivity index (χ1v) is 6.08. The van der Waals surface area contributed by atoms with E-state index in [0.717, 1.165) is 5.82 Å². The smallest absolute Gasteiger partial charge is 0.132 e. The summed E-state index contributed by atoms with van der Waals surface area (Å²) in [6.45, 7) is 1.42. The van der Waals surface area contributed by atoms with Crippen LogP contribution in [-0.4, -0.2) is 34.3 Å². The second-order valence-electron chi connectivity index (χ2n) is 4.84. The molecule has 0 aromatic carbocycles. The largest absolute Gasteiger partial charge is 0.389 e. The molecule has 1 aromatic rings. The zero-order valence-electron chi connectivity index (χ0n) is 9.34. The molecule has 4 heteroatoms. The molecule has 1 N–H and O–H groups in total. The van der Waals surface area contributed by atoms with Crippen LogP contribution in [0.25, 0.3) is 0 Å². The second kappa shape index (κ2) is 4.01. The van der Waals surface area contributed by atoms with Gasteiger partial charge in [0.25, 0.3) is 0 Å². The van der Waals surface area contributed by atoms with Crippen molar-refractivity contribution >= 4 is 5.82 Å². The quantitative estimate of drug-likeness (QED) is 0.815. The zero-order chi connectivity index (χ0) is 11.0. The van der Waals surface area contributed by atoms with Crippen LogP contribution in [0, 0.1) is 0 Å². The Morgan fingerprint density at radius 2 is 1.94 bits per heavy atom. The normalized spacial score (nSPS) is 22.4. The van der Waals surface area contributed by atoms with Crippen LogP contribution in [0.4, 0.5) is 5.82 Å². The van der Waals surface area contributed by atoms with Crippen molar-refractivity contribution < 1.29 is 5.11 Å². The molecule has 0 atom stereocenters. The molecule has 0 radical (unpaired) electrons. The molecule has 16 heavy (non-hydrogen) atoms. The molecule has 3 rings (SSSR count). The third-order valence-electron chi connectivity index (χ3n) is 3.63. The number of hydrogen-bond acceptors (Lipinski definition) is 4. The Hall–Kier alpha value is -1.16. The molecule has 0 spiro atoms. The fourth-order valence-electron chi connectivity index (χ4n) is 2.62. The van der Waals surface area contributed by atoms with Gasteiger partial charge in [0, 0.05) is 30.8 Å². The Bertz CT molecular complexity index is 370. The van der Waals surface area contributed by atoms with Crippen molar-refractivity contribution in [2.75, 3.05) is 18.0 Å². The Balaban J connectivity index is 1.77. The maximum atomic E-state index is 9.28. The van der Waals surface area contributed by atoms with E-state index in [1.165, 1.54) is 31.4 Å². The molecule has 1 saturated carbocycles. The van der Waals surface area contributed by atoms with Gasteiger partial charge in [-0.05, 0) is 12.8 Å². The van der Waals surface area contributed by atoms with E-state index in [4.69, 9.17) is 0 Å². The average molecular weight is 219 g/mol. The molecule has 2 aliphatic rings. The van der Waals surface area contributed by atoms with Crippen LogP contribution in [0.3, 0.4) is 0 Å². The summed E-state index contributed by atoms with van der Waals surface area (Å²) in [5.41, 5.74) is 1.18. The Morgan fingerprint density at radius 1 is 1.19 bits per heavy atom. The summed E-state index contributed by atoms with van der Waals surface area (Å²) in [4.78, 5) is 10.8. The van der Waals surface area contributed by atoms with Gasteiger partial charge in [-0.2, -0.15) is 0 Å². The third kappa shape index (κ3) is 1.78. The summed E-state index contributed by atoms with van der Waals surface area (Å²) in [6, 6.07) is 2.10. The minimum Gasteiger partial charge on any atom is -0.389 e. The number of aliphatic hydroxyl groups excluding tert-OH is 1. The van der Waals surface area contributed by atoms with Gasteiger partial charge in [0.2, 0.25) is 0 Å². The summed E-state index contributed by atoms with van der Waals surface area (Å²) in [7, 11) is 0. The molecule has 0 bridgehead atoms. The molecule has 1 aliphatic heterocycles. The SMILES string of the molecule is OC1CN(c2cc(C3CCCC3)ncn2)C1. The van der Waals surface area contributed by atoms with Crippen LogP contribution in [0.15, 0.2) is 12.4 Å². The van der Waals surface area contributed by atoms with Gasteiger partial charge in [0.1, 0.15) is 12.1 Å². The molecule has 0 amide bonds. The number of β-amino-alcohol motifs (C(OH)–C–C–N with tert-alkyl or cyclic N) is 1. The van der Waals surface area contributed by atoms with Gasteiger partial charge in [-0.3, -0.25) is 0 Å². The summed E-state index contributed by atoms with van der Waals surface area (Å²) in [5.74, 6) is 1.61. The van der Waals surface area contributed by atoms with Gasteiger partial charge in [-0.1, -0.05) is 12.8 Å².